The molecule has 0 bridgehead atoms. The number of anilines is 1. The molecule has 1 saturated carbocycles. The van der Waals surface area contributed by atoms with Crippen molar-refractivity contribution in [3.8, 4) is 28.3 Å². The minimum absolute atomic E-state index is 0.320. The summed E-state index contributed by atoms with van der Waals surface area (Å²) < 4.78 is 17.6. The van der Waals surface area contributed by atoms with Gasteiger partial charge in [0.1, 0.15) is 18.2 Å². The molecule has 4 heterocycles. The third-order valence-corrected chi connectivity index (χ3v) is 7.08. The standard InChI is InChI=1S/C26H25FN8/c1-33-16-30-32-26(33)17-8-10-34(11-9-17)25-22(18-2-7-24(27)29-13-18)6-5-21(23(25)12-28)19-14-31-35(15-19)20-3-4-20/h2,5-7,13-17,20H,3-4,8-11H2,1H3. The molecule has 35 heavy (non-hydrogen) atoms. The Labute approximate surface area is 202 Å². The van der Waals surface area contributed by atoms with Crippen LogP contribution in [-0.4, -0.2) is 42.6 Å². The summed E-state index contributed by atoms with van der Waals surface area (Å²) in [6.45, 7) is 1.55. The molecule has 8 nitrogen and oxygen atoms in total. The fraction of sp³-hybridized carbons (Fsp3) is 0.346. The van der Waals surface area contributed by atoms with Gasteiger partial charge >= 0.3 is 0 Å². The Balaban J connectivity index is 1.41. The largest absolute Gasteiger partial charge is 0.370 e. The first-order valence-electron chi connectivity index (χ1n) is 11.9. The second-order valence-corrected chi connectivity index (χ2v) is 9.37. The van der Waals surface area contributed by atoms with Crippen molar-refractivity contribution in [2.24, 2.45) is 7.05 Å². The van der Waals surface area contributed by atoms with Gasteiger partial charge in [0.15, 0.2) is 0 Å². The zero-order valence-corrected chi connectivity index (χ0v) is 19.5. The number of nitriles is 1. The molecule has 1 aliphatic heterocycles. The van der Waals surface area contributed by atoms with E-state index >= 15 is 0 Å². The van der Waals surface area contributed by atoms with Gasteiger partial charge in [0, 0.05) is 60.7 Å². The van der Waals surface area contributed by atoms with Crippen LogP contribution in [0.4, 0.5) is 10.1 Å². The molecule has 2 aliphatic rings. The molecule has 1 aromatic carbocycles. The predicted octanol–water partition coefficient (Wildman–Crippen LogP) is 4.47. The van der Waals surface area contributed by atoms with Crippen molar-refractivity contribution in [1.82, 2.24) is 29.5 Å². The molecule has 176 valence electrons. The lowest BCUT2D eigenvalue weighted by atomic mass is 9.90. The fourth-order valence-corrected chi connectivity index (χ4v) is 5.08. The smallest absolute Gasteiger partial charge is 0.212 e. The summed E-state index contributed by atoms with van der Waals surface area (Å²) >= 11 is 0. The summed E-state index contributed by atoms with van der Waals surface area (Å²) in [6, 6.07) is 10.0. The van der Waals surface area contributed by atoms with Crippen LogP contribution in [0.2, 0.25) is 0 Å². The summed E-state index contributed by atoms with van der Waals surface area (Å²) in [5, 5.41) is 23.3. The number of hydrogen-bond acceptors (Lipinski definition) is 6. The molecule has 0 N–H and O–H groups in total. The zero-order valence-electron chi connectivity index (χ0n) is 19.5. The van der Waals surface area contributed by atoms with E-state index in [4.69, 9.17) is 0 Å². The summed E-state index contributed by atoms with van der Waals surface area (Å²) in [5.41, 5.74) is 4.95. The molecule has 3 aromatic heterocycles. The highest BCUT2D eigenvalue weighted by molar-refractivity contribution is 5.89. The topological polar surface area (TPSA) is 88.4 Å². The van der Waals surface area contributed by atoms with Crippen molar-refractivity contribution in [3.05, 3.63) is 66.5 Å². The summed E-state index contributed by atoms with van der Waals surface area (Å²) in [4.78, 5) is 6.14. The molecular formula is C26H25FN8. The number of aryl methyl sites for hydroxylation is 1. The van der Waals surface area contributed by atoms with Gasteiger partial charge in [-0.25, -0.2) is 4.98 Å². The SMILES string of the molecule is Cn1cnnc1C1CCN(c2c(-c3ccc(F)nc3)ccc(-c3cnn(C4CC4)c3)c2C#N)CC1. The summed E-state index contributed by atoms with van der Waals surface area (Å²) in [5.74, 6) is 0.791. The van der Waals surface area contributed by atoms with E-state index in [2.05, 4.69) is 31.2 Å². The van der Waals surface area contributed by atoms with Crippen LogP contribution >= 0.6 is 0 Å². The van der Waals surface area contributed by atoms with E-state index in [1.807, 2.05) is 40.8 Å². The zero-order chi connectivity index (χ0) is 23.9. The second kappa shape index (κ2) is 8.62. The minimum atomic E-state index is -0.524. The van der Waals surface area contributed by atoms with Gasteiger partial charge in [-0.3, -0.25) is 4.68 Å². The second-order valence-electron chi connectivity index (χ2n) is 9.37. The molecule has 0 spiro atoms. The van der Waals surface area contributed by atoms with Crippen LogP contribution in [0.25, 0.3) is 22.3 Å². The first-order chi connectivity index (χ1) is 17.1. The monoisotopic (exact) mass is 468 g/mol. The maximum absolute atomic E-state index is 13.6. The number of benzene rings is 1. The highest BCUT2D eigenvalue weighted by Crippen LogP contribution is 2.42. The van der Waals surface area contributed by atoms with Crippen LogP contribution in [0.1, 0.15) is 49.0 Å². The third kappa shape index (κ3) is 3.95. The van der Waals surface area contributed by atoms with Gasteiger partial charge in [0.05, 0.1) is 23.5 Å². The maximum atomic E-state index is 13.6. The molecule has 0 unspecified atom stereocenters. The quantitative estimate of drug-likeness (QED) is 0.402. The Hall–Kier alpha value is -4.06. The Morgan fingerprint density at radius 3 is 2.46 bits per heavy atom. The average Bonchev–Trinajstić information content (AvgIpc) is 3.46. The van der Waals surface area contributed by atoms with Crippen molar-refractivity contribution >= 4 is 5.69 Å². The number of aromatic nitrogens is 6. The van der Waals surface area contributed by atoms with E-state index in [1.54, 1.807) is 12.4 Å². The van der Waals surface area contributed by atoms with Gasteiger partial charge in [-0.1, -0.05) is 12.1 Å². The van der Waals surface area contributed by atoms with E-state index in [0.29, 0.717) is 17.5 Å². The Kier molecular flexibility index (Phi) is 5.29. The van der Waals surface area contributed by atoms with Crippen LogP contribution in [0.5, 0.6) is 0 Å². The summed E-state index contributed by atoms with van der Waals surface area (Å²) in [6.07, 6.45) is 11.3. The van der Waals surface area contributed by atoms with Gasteiger partial charge in [0.2, 0.25) is 5.95 Å². The lowest BCUT2D eigenvalue weighted by Gasteiger charge is -2.35. The molecule has 6 rings (SSSR count). The number of rotatable bonds is 5. The fourth-order valence-electron chi connectivity index (χ4n) is 5.08. The van der Waals surface area contributed by atoms with E-state index in [0.717, 1.165) is 72.5 Å². The number of hydrogen-bond donors (Lipinski definition) is 0. The van der Waals surface area contributed by atoms with Crippen LogP contribution in [-0.2, 0) is 7.05 Å². The van der Waals surface area contributed by atoms with Gasteiger partial charge in [-0.15, -0.1) is 10.2 Å². The molecule has 0 atom stereocenters. The molecule has 2 fully saturated rings. The van der Waals surface area contributed by atoms with Crippen molar-refractivity contribution in [1.29, 1.82) is 5.26 Å². The van der Waals surface area contributed by atoms with Crippen molar-refractivity contribution in [2.45, 2.75) is 37.6 Å². The van der Waals surface area contributed by atoms with Gasteiger partial charge < -0.3 is 9.47 Å². The minimum Gasteiger partial charge on any atom is -0.370 e. The number of halogens is 1. The number of piperidine rings is 1. The normalized spacial score (nSPS) is 16.4. The van der Waals surface area contributed by atoms with E-state index in [-0.39, 0.29) is 0 Å². The first kappa shape index (κ1) is 21.5. The Morgan fingerprint density at radius 2 is 1.80 bits per heavy atom. The van der Waals surface area contributed by atoms with Crippen LogP contribution < -0.4 is 4.90 Å². The van der Waals surface area contributed by atoms with E-state index < -0.39 is 5.95 Å². The number of nitrogens with zero attached hydrogens (tertiary/aromatic N) is 8. The molecule has 0 radical (unpaired) electrons. The van der Waals surface area contributed by atoms with E-state index in [9.17, 15) is 9.65 Å². The van der Waals surface area contributed by atoms with Crippen molar-refractivity contribution in [2.75, 3.05) is 18.0 Å². The first-order valence-corrected chi connectivity index (χ1v) is 11.9. The van der Waals surface area contributed by atoms with Crippen LogP contribution in [0, 0.1) is 17.3 Å². The molecule has 1 saturated heterocycles. The van der Waals surface area contributed by atoms with Crippen molar-refractivity contribution in [3.63, 3.8) is 0 Å². The van der Waals surface area contributed by atoms with E-state index in [1.165, 1.54) is 12.3 Å². The molecular weight excluding hydrogens is 443 g/mol. The van der Waals surface area contributed by atoms with Gasteiger partial charge in [0.25, 0.3) is 0 Å². The van der Waals surface area contributed by atoms with Gasteiger partial charge in [-0.05, 0) is 37.8 Å². The number of pyridine rings is 1. The molecule has 0 amide bonds. The van der Waals surface area contributed by atoms with Gasteiger partial charge in [-0.2, -0.15) is 14.8 Å². The molecule has 9 heteroatoms. The average molecular weight is 469 g/mol. The van der Waals surface area contributed by atoms with Crippen molar-refractivity contribution < 1.29 is 4.39 Å². The highest BCUT2D eigenvalue weighted by Gasteiger charge is 2.29. The lowest BCUT2D eigenvalue weighted by molar-refractivity contribution is 0.474. The molecule has 4 aromatic rings. The Bertz CT molecular complexity index is 1400. The third-order valence-electron chi connectivity index (χ3n) is 7.08. The Morgan fingerprint density at radius 1 is 1.00 bits per heavy atom. The highest BCUT2D eigenvalue weighted by atomic mass is 19.1. The lowest BCUT2D eigenvalue weighted by Crippen LogP contribution is -2.34. The summed E-state index contributed by atoms with van der Waals surface area (Å²) in [7, 11) is 1.97. The van der Waals surface area contributed by atoms with Crippen LogP contribution in [0.15, 0.2) is 49.2 Å². The maximum Gasteiger partial charge on any atom is 0.212 e. The van der Waals surface area contributed by atoms with Crippen LogP contribution in [0.3, 0.4) is 0 Å². The predicted molar refractivity (Wildman–Crippen MR) is 129 cm³/mol. The molecule has 1 aliphatic carbocycles.